The highest BCUT2D eigenvalue weighted by atomic mass is 32.2. The van der Waals surface area contributed by atoms with Gasteiger partial charge in [-0.15, -0.1) is 0 Å². The third-order valence-corrected chi connectivity index (χ3v) is 6.50. The second-order valence-electron chi connectivity index (χ2n) is 7.68. The molecule has 1 fully saturated rings. The second-order valence-corrected chi connectivity index (χ2v) is 8.69. The van der Waals surface area contributed by atoms with Crippen molar-refractivity contribution in [2.24, 2.45) is 5.92 Å². The highest BCUT2D eigenvalue weighted by Crippen LogP contribution is 2.44. The first-order valence-electron chi connectivity index (χ1n) is 10.4. The number of carbonyl (C=O) groups is 1. The lowest BCUT2D eigenvalue weighted by Crippen LogP contribution is -2.28. The van der Waals surface area contributed by atoms with Crippen LogP contribution in [0, 0.1) is 5.92 Å². The molecule has 1 amide bonds. The van der Waals surface area contributed by atoms with Gasteiger partial charge in [0.25, 0.3) is 0 Å². The lowest BCUT2D eigenvalue weighted by Gasteiger charge is -2.11. The smallest absolute Gasteiger partial charge is 0.231 e. The van der Waals surface area contributed by atoms with E-state index in [1.807, 2.05) is 16.7 Å². The molecule has 2 aliphatic rings. The average Bonchev–Trinajstić information content (AvgIpc) is 3.19. The van der Waals surface area contributed by atoms with Gasteiger partial charge in [0.05, 0.1) is 11.8 Å². The van der Waals surface area contributed by atoms with Crippen molar-refractivity contribution < 1.29 is 18.7 Å². The zero-order valence-corrected chi connectivity index (χ0v) is 18.2. The Morgan fingerprint density at radius 1 is 1.21 bits per heavy atom. The number of aromatic nitrogens is 5. The van der Waals surface area contributed by atoms with Gasteiger partial charge < -0.3 is 29.5 Å². The SMILES string of the molecule is Nc1ncnc2c1nc(Sc1cc3c(cc1-c1ncco1)OCO3)n2CCNC(=O)C1CC1. The van der Waals surface area contributed by atoms with Crippen molar-refractivity contribution in [2.45, 2.75) is 29.4 Å². The van der Waals surface area contributed by atoms with Crippen LogP contribution in [-0.2, 0) is 11.3 Å². The van der Waals surface area contributed by atoms with Crippen molar-refractivity contribution in [3.05, 3.63) is 30.9 Å². The molecule has 1 saturated carbocycles. The summed E-state index contributed by atoms with van der Waals surface area (Å²) in [5.41, 5.74) is 7.92. The molecule has 168 valence electrons. The molecule has 3 aromatic heterocycles. The summed E-state index contributed by atoms with van der Waals surface area (Å²) in [7, 11) is 0. The summed E-state index contributed by atoms with van der Waals surface area (Å²) in [6.07, 6.45) is 6.42. The number of hydrogen-bond donors (Lipinski definition) is 2. The van der Waals surface area contributed by atoms with E-state index in [2.05, 4.69) is 20.3 Å². The Morgan fingerprint density at radius 2 is 2.06 bits per heavy atom. The van der Waals surface area contributed by atoms with Gasteiger partial charge in [0, 0.05) is 23.9 Å². The maximum Gasteiger partial charge on any atom is 0.231 e. The first-order valence-corrected chi connectivity index (χ1v) is 11.2. The Hall–Kier alpha value is -3.80. The molecule has 6 rings (SSSR count). The number of hydrogen-bond acceptors (Lipinski definition) is 10. The highest BCUT2D eigenvalue weighted by molar-refractivity contribution is 7.99. The van der Waals surface area contributed by atoms with Crippen LogP contribution in [0.25, 0.3) is 22.6 Å². The Morgan fingerprint density at radius 3 is 2.85 bits per heavy atom. The van der Waals surface area contributed by atoms with Gasteiger partial charge in [-0.25, -0.2) is 19.9 Å². The largest absolute Gasteiger partial charge is 0.454 e. The van der Waals surface area contributed by atoms with E-state index < -0.39 is 0 Å². The molecule has 0 spiro atoms. The number of ether oxygens (including phenoxy) is 2. The Balaban J connectivity index is 1.38. The molecule has 1 aromatic carbocycles. The fourth-order valence-corrected chi connectivity index (χ4v) is 4.67. The quantitative estimate of drug-likeness (QED) is 0.418. The maximum absolute atomic E-state index is 12.1. The predicted molar refractivity (Wildman–Crippen MR) is 118 cm³/mol. The number of nitrogens with two attached hydrogens (primary N) is 1. The normalized spacial score (nSPS) is 14.7. The molecule has 11 nitrogen and oxygen atoms in total. The summed E-state index contributed by atoms with van der Waals surface area (Å²) >= 11 is 1.40. The monoisotopic (exact) mass is 465 g/mol. The minimum absolute atomic E-state index is 0.0877. The number of fused-ring (bicyclic) bond motifs is 2. The molecule has 12 heteroatoms. The summed E-state index contributed by atoms with van der Waals surface area (Å²) in [4.78, 5) is 30.3. The molecule has 1 aliphatic carbocycles. The number of nitrogens with one attached hydrogen (secondary N) is 1. The van der Waals surface area contributed by atoms with E-state index in [1.165, 1.54) is 24.4 Å². The molecule has 4 heterocycles. The molecule has 0 atom stereocenters. The van der Waals surface area contributed by atoms with E-state index >= 15 is 0 Å². The lowest BCUT2D eigenvalue weighted by atomic mass is 10.2. The zero-order valence-electron chi connectivity index (χ0n) is 17.4. The molecule has 1 aliphatic heterocycles. The van der Waals surface area contributed by atoms with Crippen molar-refractivity contribution in [1.82, 2.24) is 29.8 Å². The minimum atomic E-state index is 0.0877. The second kappa shape index (κ2) is 7.96. The van der Waals surface area contributed by atoms with Crippen LogP contribution in [0.4, 0.5) is 5.82 Å². The summed E-state index contributed by atoms with van der Waals surface area (Å²) in [5, 5.41) is 3.63. The summed E-state index contributed by atoms with van der Waals surface area (Å²) in [5.74, 6) is 2.24. The maximum atomic E-state index is 12.1. The molecule has 0 radical (unpaired) electrons. The van der Waals surface area contributed by atoms with Crippen molar-refractivity contribution in [1.29, 1.82) is 0 Å². The predicted octanol–water partition coefficient (Wildman–Crippen LogP) is 2.47. The van der Waals surface area contributed by atoms with Crippen LogP contribution in [-0.4, -0.2) is 43.7 Å². The molecule has 4 aromatic rings. The number of nitrogen functional groups attached to an aromatic ring is 1. The first kappa shape index (κ1) is 19.9. The summed E-state index contributed by atoms with van der Waals surface area (Å²) < 4.78 is 18.6. The van der Waals surface area contributed by atoms with Gasteiger partial charge in [-0.1, -0.05) is 11.8 Å². The van der Waals surface area contributed by atoms with Gasteiger partial charge in [0.15, 0.2) is 33.6 Å². The number of imidazole rings is 1. The molecule has 0 saturated heterocycles. The van der Waals surface area contributed by atoms with Crippen molar-refractivity contribution in [3.8, 4) is 23.0 Å². The van der Waals surface area contributed by atoms with Crippen LogP contribution < -0.4 is 20.5 Å². The highest BCUT2D eigenvalue weighted by Gasteiger charge is 2.29. The molecule has 33 heavy (non-hydrogen) atoms. The number of nitrogens with zero attached hydrogens (tertiary/aromatic N) is 5. The standard InChI is InChI=1S/C21H19N7O4S/c22-17-16-18(26-9-25-17)28(5-3-23-19(29)11-1-2-11)21(27-16)33-15-8-14-13(31-10-32-14)7-12(15)20-24-4-6-30-20/h4,6-9,11H,1-3,5,10H2,(H,23,29)(H2,22,25,26). The van der Waals surface area contributed by atoms with Gasteiger partial charge in [-0.3, -0.25) is 4.79 Å². The fraction of sp³-hybridized carbons (Fsp3) is 0.286. The van der Waals surface area contributed by atoms with Crippen molar-refractivity contribution in [2.75, 3.05) is 19.1 Å². The number of amides is 1. The topological polar surface area (TPSA) is 143 Å². The van der Waals surface area contributed by atoms with Crippen LogP contribution in [0.15, 0.2) is 45.4 Å². The van der Waals surface area contributed by atoms with E-state index in [0.29, 0.717) is 52.6 Å². The van der Waals surface area contributed by atoms with E-state index in [-0.39, 0.29) is 18.6 Å². The van der Waals surface area contributed by atoms with E-state index in [0.717, 1.165) is 23.3 Å². The van der Waals surface area contributed by atoms with Gasteiger partial charge in [-0.05, 0) is 25.0 Å². The van der Waals surface area contributed by atoms with E-state index in [1.54, 1.807) is 6.20 Å². The van der Waals surface area contributed by atoms with Crippen LogP contribution in [0.3, 0.4) is 0 Å². The number of carbonyl (C=O) groups excluding carboxylic acids is 1. The third-order valence-electron chi connectivity index (χ3n) is 5.45. The van der Waals surface area contributed by atoms with Crippen LogP contribution in [0.5, 0.6) is 11.5 Å². The Labute approximate surface area is 191 Å². The van der Waals surface area contributed by atoms with Crippen molar-refractivity contribution >= 4 is 34.7 Å². The Kier molecular flexibility index (Phi) is 4.79. The van der Waals surface area contributed by atoms with E-state index in [4.69, 9.17) is 24.6 Å². The van der Waals surface area contributed by atoms with Crippen LogP contribution >= 0.6 is 11.8 Å². The lowest BCUT2D eigenvalue weighted by molar-refractivity contribution is -0.122. The molecule has 0 unspecified atom stereocenters. The van der Waals surface area contributed by atoms with E-state index in [9.17, 15) is 4.79 Å². The van der Waals surface area contributed by atoms with Gasteiger partial charge in [0.2, 0.25) is 18.6 Å². The minimum Gasteiger partial charge on any atom is -0.454 e. The summed E-state index contributed by atoms with van der Waals surface area (Å²) in [6, 6.07) is 3.72. The molecule has 0 bridgehead atoms. The van der Waals surface area contributed by atoms with Gasteiger partial charge in [0.1, 0.15) is 12.6 Å². The number of benzene rings is 1. The zero-order chi connectivity index (χ0) is 22.4. The molecular formula is C21H19N7O4S. The van der Waals surface area contributed by atoms with Crippen molar-refractivity contribution in [3.63, 3.8) is 0 Å². The Bertz CT molecular complexity index is 1350. The molecule has 3 N–H and O–H groups in total. The van der Waals surface area contributed by atoms with Gasteiger partial charge in [-0.2, -0.15) is 0 Å². The average molecular weight is 465 g/mol. The van der Waals surface area contributed by atoms with Crippen LogP contribution in [0.2, 0.25) is 0 Å². The number of oxazole rings is 1. The van der Waals surface area contributed by atoms with Gasteiger partial charge >= 0.3 is 0 Å². The molecular weight excluding hydrogens is 446 g/mol. The third kappa shape index (κ3) is 3.71. The number of rotatable bonds is 7. The first-order chi connectivity index (χ1) is 16.2. The fourth-order valence-electron chi connectivity index (χ4n) is 3.62. The number of anilines is 1. The summed E-state index contributed by atoms with van der Waals surface area (Å²) in [6.45, 7) is 1.08. The van der Waals surface area contributed by atoms with Crippen LogP contribution in [0.1, 0.15) is 12.8 Å².